The molecule has 2 aliphatic rings. The summed E-state index contributed by atoms with van der Waals surface area (Å²) in [5, 5.41) is 5.75. The van der Waals surface area contributed by atoms with E-state index in [0.29, 0.717) is 35.9 Å². The van der Waals surface area contributed by atoms with E-state index >= 15 is 0 Å². The van der Waals surface area contributed by atoms with Gasteiger partial charge < -0.3 is 25.2 Å². The third kappa shape index (κ3) is 5.04. The van der Waals surface area contributed by atoms with Crippen LogP contribution in [-0.4, -0.2) is 79.9 Å². The number of rotatable bonds is 8. The van der Waals surface area contributed by atoms with Crippen LogP contribution in [-0.2, 0) is 9.59 Å². The Morgan fingerprint density at radius 2 is 1.85 bits per heavy atom. The zero-order valence-corrected chi connectivity index (χ0v) is 19.6. The fourth-order valence-electron chi connectivity index (χ4n) is 4.03. The molecule has 4 amide bonds. The predicted octanol–water partition coefficient (Wildman–Crippen LogP) is 1.95. The molecule has 9 heteroatoms. The molecule has 0 saturated heterocycles. The molecule has 0 aromatic heterocycles. The highest BCUT2D eigenvalue weighted by Crippen LogP contribution is 2.36. The quantitative estimate of drug-likeness (QED) is 0.624. The van der Waals surface area contributed by atoms with Gasteiger partial charge in [-0.25, -0.2) is 4.79 Å². The van der Waals surface area contributed by atoms with Gasteiger partial charge in [-0.1, -0.05) is 30.3 Å². The zero-order chi connectivity index (χ0) is 24.2. The van der Waals surface area contributed by atoms with Gasteiger partial charge in [0.15, 0.2) is 0 Å². The lowest BCUT2D eigenvalue weighted by molar-refractivity contribution is -0.131. The molecule has 0 spiro atoms. The Balaban J connectivity index is 1.53. The van der Waals surface area contributed by atoms with Crippen LogP contribution < -0.4 is 15.4 Å². The largest absolute Gasteiger partial charge is 0.457 e. The summed E-state index contributed by atoms with van der Waals surface area (Å²) in [7, 11) is 5.48. The Kier molecular flexibility index (Phi) is 6.83. The Morgan fingerprint density at radius 1 is 1.12 bits per heavy atom. The van der Waals surface area contributed by atoms with Gasteiger partial charge in [-0.15, -0.1) is 0 Å². The maximum absolute atomic E-state index is 13.3. The average Bonchev–Trinajstić information content (AvgIpc) is 3.13. The highest BCUT2D eigenvalue weighted by Gasteiger charge is 2.43. The van der Waals surface area contributed by atoms with Gasteiger partial charge >= 0.3 is 6.03 Å². The van der Waals surface area contributed by atoms with Crippen LogP contribution in [0, 0.1) is 0 Å². The van der Waals surface area contributed by atoms with Crippen molar-refractivity contribution >= 4 is 17.8 Å². The van der Waals surface area contributed by atoms with Gasteiger partial charge in [-0.2, -0.15) is 0 Å². The molecule has 0 aliphatic carbocycles. The minimum atomic E-state index is -0.632. The van der Waals surface area contributed by atoms with Crippen molar-refractivity contribution < 1.29 is 19.1 Å². The number of ether oxygens (including phenoxy) is 1. The van der Waals surface area contributed by atoms with Crippen molar-refractivity contribution in [3.05, 3.63) is 71.4 Å². The maximum Gasteiger partial charge on any atom is 0.322 e. The van der Waals surface area contributed by atoms with Crippen LogP contribution in [0.15, 0.2) is 65.9 Å². The fraction of sp³-hybridized carbons (Fsp3) is 0.320. The van der Waals surface area contributed by atoms with Gasteiger partial charge in [-0.3, -0.25) is 14.5 Å². The molecule has 1 atom stereocenters. The van der Waals surface area contributed by atoms with E-state index in [9.17, 15) is 14.4 Å². The third-order valence-electron chi connectivity index (χ3n) is 5.82. The normalized spacial score (nSPS) is 17.7. The topological polar surface area (TPSA) is 94.2 Å². The maximum atomic E-state index is 13.3. The van der Waals surface area contributed by atoms with Crippen molar-refractivity contribution in [2.24, 2.45) is 0 Å². The average molecular weight is 464 g/mol. The van der Waals surface area contributed by atoms with E-state index in [2.05, 4.69) is 10.6 Å². The van der Waals surface area contributed by atoms with E-state index in [1.54, 1.807) is 7.05 Å². The second-order valence-corrected chi connectivity index (χ2v) is 8.60. The van der Waals surface area contributed by atoms with Crippen LogP contribution >= 0.6 is 0 Å². The standard InChI is InChI=1S/C25H29N5O4/c1-28(2)13-12-26-21(31)16-30-15-20-22(24(30)32)23(27-25(33)29(20)3)17-8-7-11-19(14-17)34-18-9-5-4-6-10-18/h4-11,14,23H,12-13,15-16H2,1-3H3,(H,26,31)(H,27,33)/t23-/m0/s1. The zero-order valence-electron chi connectivity index (χ0n) is 19.6. The number of amides is 4. The van der Waals surface area contributed by atoms with Crippen molar-refractivity contribution in [3.8, 4) is 11.5 Å². The lowest BCUT2D eigenvalue weighted by atomic mass is 9.95. The number of para-hydroxylation sites is 1. The smallest absolute Gasteiger partial charge is 0.322 e. The van der Waals surface area contributed by atoms with E-state index in [0.717, 1.165) is 5.56 Å². The number of benzene rings is 2. The summed E-state index contributed by atoms with van der Waals surface area (Å²) in [4.78, 5) is 43.3. The van der Waals surface area contributed by atoms with Crippen LogP contribution in [0.25, 0.3) is 0 Å². The highest BCUT2D eigenvalue weighted by atomic mass is 16.5. The van der Waals surface area contributed by atoms with Crippen molar-refractivity contribution in [1.82, 2.24) is 25.3 Å². The van der Waals surface area contributed by atoms with Gasteiger partial charge in [0.05, 0.1) is 23.9 Å². The van der Waals surface area contributed by atoms with E-state index in [-0.39, 0.29) is 30.9 Å². The fourth-order valence-corrected chi connectivity index (χ4v) is 4.03. The van der Waals surface area contributed by atoms with Gasteiger partial charge in [-0.05, 0) is 43.9 Å². The van der Waals surface area contributed by atoms with Crippen molar-refractivity contribution in [3.63, 3.8) is 0 Å². The second kappa shape index (κ2) is 9.96. The Labute approximate surface area is 199 Å². The molecule has 2 aromatic carbocycles. The molecule has 2 aromatic rings. The molecular formula is C25H29N5O4. The lowest BCUT2D eigenvalue weighted by Crippen LogP contribution is -2.45. The van der Waals surface area contributed by atoms with Crippen LogP contribution in [0.5, 0.6) is 11.5 Å². The number of hydrogen-bond acceptors (Lipinski definition) is 5. The van der Waals surface area contributed by atoms with Gasteiger partial charge in [0.1, 0.15) is 18.0 Å². The minimum absolute atomic E-state index is 0.0643. The summed E-state index contributed by atoms with van der Waals surface area (Å²) in [6.45, 7) is 1.35. The van der Waals surface area contributed by atoms with E-state index in [1.807, 2.05) is 73.6 Å². The first kappa shape index (κ1) is 23.3. The third-order valence-corrected chi connectivity index (χ3v) is 5.82. The molecule has 0 saturated carbocycles. The predicted molar refractivity (Wildman–Crippen MR) is 127 cm³/mol. The molecular weight excluding hydrogens is 434 g/mol. The van der Waals surface area contributed by atoms with Crippen molar-refractivity contribution in [1.29, 1.82) is 0 Å². The summed E-state index contributed by atoms with van der Waals surface area (Å²) in [5.41, 5.74) is 1.81. The first-order chi connectivity index (χ1) is 16.3. The number of nitrogens with zero attached hydrogens (tertiary/aromatic N) is 3. The molecule has 34 heavy (non-hydrogen) atoms. The second-order valence-electron chi connectivity index (χ2n) is 8.60. The summed E-state index contributed by atoms with van der Waals surface area (Å²) in [6.07, 6.45) is 0. The number of carbonyl (C=O) groups excluding carboxylic acids is 3. The van der Waals surface area contributed by atoms with Crippen LogP contribution in [0.1, 0.15) is 11.6 Å². The molecule has 2 N–H and O–H groups in total. The molecule has 9 nitrogen and oxygen atoms in total. The van der Waals surface area contributed by atoms with Crippen molar-refractivity contribution in [2.45, 2.75) is 6.04 Å². The Morgan fingerprint density at radius 3 is 2.59 bits per heavy atom. The molecule has 178 valence electrons. The number of carbonyl (C=O) groups is 3. The molecule has 0 fully saturated rings. The van der Waals surface area contributed by atoms with Crippen LogP contribution in [0.2, 0.25) is 0 Å². The number of urea groups is 1. The molecule has 2 heterocycles. The number of hydrogen-bond donors (Lipinski definition) is 2. The van der Waals surface area contributed by atoms with Crippen LogP contribution in [0.3, 0.4) is 0 Å². The van der Waals surface area contributed by atoms with Gasteiger partial charge in [0.2, 0.25) is 5.91 Å². The van der Waals surface area contributed by atoms with E-state index in [1.165, 1.54) is 9.80 Å². The summed E-state index contributed by atoms with van der Waals surface area (Å²) in [6, 6.07) is 15.8. The Bertz CT molecular complexity index is 1120. The molecule has 0 unspecified atom stereocenters. The van der Waals surface area contributed by atoms with Gasteiger partial charge in [0, 0.05) is 20.1 Å². The number of likely N-dealkylation sites (N-methyl/N-ethyl adjacent to an activating group) is 2. The molecule has 2 aliphatic heterocycles. The van der Waals surface area contributed by atoms with E-state index in [4.69, 9.17) is 4.74 Å². The summed E-state index contributed by atoms with van der Waals surface area (Å²) < 4.78 is 5.93. The van der Waals surface area contributed by atoms with E-state index < -0.39 is 6.04 Å². The number of nitrogens with one attached hydrogen (secondary N) is 2. The molecule has 0 radical (unpaired) electrons. The first-order valence-corrected chi connectivity index (χ1v) is 11.1. The molecule has 0 bridgehead atoms. The van der Waals surface area contributed by atoms with Gasteiger partial charge in [0.25, 0.3) is 5.91 Å². The van der Waals surface area contributed by atoms with Crippen LogP contribution in [0.4, 0.5) is 4.79 Å². The first-order valence-electron chi connectivity index (χ1n) is 11.1. The SMILES string of the molecule is CN(C)CCNC(=O)CN1CC2=C(C1=O)[C@H](c1cccc(Oc3ccccc3)c1)NC(=O)N2C. The van der Waals surface area contributed by atoms with Crippen molar-refractivity contribution in [2.75, 3.05) is 47.3 Å². The highest BCUT2D eigenvalue weighted by molar-refractivity contribution is 6.02. The Hall–Kier alpha value is -3.85. The monoisotopic (exact) mass is 463 g/mol. The minimum Gasteiger partial charge on any atom is -0.457 e. The lowest BCUT2D eigenvalue weighted by Gasteiger charge is -2.31. The summed E-state index contributed by atoms with van der Waals surface area (Å²) in [5.74, 6) is 0.799. The molecule has 4 rings (SSSR count). The summed E-state index contributed by atoms with van der Waals surface area (Å²) >= 11 is 0.